The first-order valence-electron chi connectivity index (χ1n) is 7.71. The molecule has 1 aliphatic heterocycles. The number of nitro benzene ring substituents is 1. The molecule has 0 aliphatic carbocycles. The normalized spacial score (nSPS) is 14.5. The summed E-state index contributed by atoms with van der Waals surface area (Å²) in [5, 5.41) is 11.8. The van der Waals surface area contributed by atoms with Gasteiger partial charge in [-0.3, -0.25) is 14.9 Å². The van der Waals surface area contributed by atoms with Gasteiger partial charge in [-0.05, 0) is 36.8 Å². The molecule has 0 N–H and O–H groups in total. The van der Waals surface area contributed by atoms with E-state index in [4.69, 9.17) is 9.15 Å². The van der Waals surface area contributed by atoms with Crippen molar-refractivity contribution in [3.05, 3.63) is 85.4 Å². The number of ketones is 1. The number of para-hydroxylation sites is 1. The second-order valence-corrected chi connectivity index (χ2v) is 5.82. The van der Waals surface area contributed by atoms with Crippen LogP contribution in [0.25, 0.3) is 17.0 Å². The number of carbonyl (C=O) groups is 1. The van der Waals surface area contributed by atoms with Gasteiger partial charge < -0.3 is 9.15 Å². The van der Waals surface area contributed by atoms with Gasteiger partial charge in [0.1, 0.15) is 11.3 Å². The van der Waals surface area contributed by atoms with Gasteiger partial charge in [-0.15, -0.1) is 0 Å². The van der Waals surface area contributed by atoms with E-state index >= 15 is 0 Å². The summed E-state index contributed by atoms with van der Waals surface area (Å²) < 4.78 is 10.8. The second-order valence-electron chi connectivity index (χ2n) is 5.82. The number of aryl methyl sites for hydroxylation is 1. The van der Waals surface area contributed by atoms with Crippen LogP contribution in [0.5, 0.6) is 5.75 Å². The summed E-state index contributed by atoms with van der Waals surface area (Å²) >= 11 is 0. The summed E-state index contributed by atoms with van der Waals surface area (Å²) in [4.78, 5) is 35.1. The molecule has 0 saturated carbocycles. The third-order valence-corrected chi connectivity index (χ3v) is 4.17. The minimum absolute atomic E-state index is 0.0639. The summed E-state index contributed by atoms with van der Waals surface area (Å²) in [6.45, 7) is 1.75. The molecule has 0 bridgehead atoms. The maximum absolute atomic E-state index is 12.8. The van der Waals surface area contributed by atoms with Gasteiger partial charge >= 0.3 is 5.63 Å². The molecule has 0 unspecified atom stereocenters. The van der Waals surface area contributed by atoms with Crippen molar-refractivity contribution in [3.63, 3.8) is 0 Å². The molecule has 0 fully saturated rings. The lowest BCUT2D eigenvalue weighted by atomic mass is 10.0. The number of ether oxygens (including phenoxy) is 1. The molecule has 1 aliphatic rings. The van der Waals surface area contributed by atoms with E-state index in [1.54, 1.807) is 25.1 Å². The molecule has 0 radical (unpaired) electrons. The van der Waals surface area contributed by atoms with Crippen LogP contribution in [0, 0.1) is 17.0 Å². The van der Waals surface area contributed by atoms with Crippen LogP contribution in [0.1, 0.15) is 21.5 Å². The minimum Gasteiger partial charge on any atom is -0.452 e. The van der Waals surface area contributed by atoms with Gasteiger partial charge in [-0.25, -0.2) is 4.79 Å². The maximum Gasteiger partial charge on any atom is 0.336 e. The lowest BCUT2D eigenvalue weighted by Crippen LogP contribution is -2.03. The first-order valence-corrected chi connectivity index (χ1v) is 7.71. The van der Waals surface area contributed by atoms with Crippen molar-refractivity contribution in [1.82, 2.24) is 0 Å². The number of rotatable bonds is 2. The number of hydrogen-bond acceptors (Lipinski definition) is 6. The van der Waals surface area contributed by atoms with Crippen molar-refractivity contribution >= 4 is 28.5 Å². The Labute approximate surface area is 146 Å². The lowest BCUT2D eigenvalue weighted by Gasteiger charge is -2.02. The summed E-state index contributed by atoms with van der Waals surface area (Å²) in [6.07, 6.45) is 1.32. The Hall–Kier alpha value is -3.74. The molecule has 128 valence electrons. The Balaban J connectivity index is 1.89. The third-order valence-electron chi connectivity index (χ3n) is 4.17. The zero-order chi connectivity index (χ0) is 18.4. The molecule has 2 heterocycles. The van der Waals surface area contributed by atoms with Crippen molar-refractivity contribution in [3.8, 4) is 5.75 Å². The lowest BCUT2D eigenvalue weighted by molar-refractivity contribution is -0.385. The molecular formula is C19H11NO6. The van der Waals surface area contributed by atoms with E-state index < -0.39 is 16.3 Å². The molecular weight excluding hydrogens is 338 g/mol. The highest BCUT2D eigenvalue weighted by atomic mass is 16.6. The van der Waals surface area contributed by atoms with Gasteiger partial charge in [-0.2, -0.15) is 0 Å². The highest BCUT2D eigenvalue weighted by Crippen LogP contribution is 2.38. The van der Waals surface area contributed by atoms with Gasteiger partial charge in [0.25, 0.3) is 5.69 Å². The van der Waals surface area contributed by atoms with E-state index in [2.05, 4.69) is 0 Å². The Morgan fingerprint density at radius 2 is 1.88 bits per heavy atom. The van der Waals surface area contributed by atoms with Crippen LogP contribution in [0.4, 0.5) is 5.69 Å². The average molecular weight is 349 g/mol. The highest BCUT2D eigenvalue weighted by Gasteiger charge is 2.32. The first kappa shape index (κ1) is 15.8. The predicted octanol–water partition coefficient (Wildman–Crippen LogP) is 3.63. The molecule has 4 rings (SSSR count). The number of nitrogens with zero attached hydrogens (tertiary/aromatic N) is 1. The van der Waals surface area contributed by atoms with Crippen LogP contribution in [-0.2, 0) is 0 Å². The number of benzene rings is 2. The van der Waals surface area contributed by atoms with Crippen LogP contribution < -0.4 is 10.4 Å². The zero-order valence-corrected chi connectivity index (χ0v) is 13.5. The second kappa shape index (κ2) is 5.66. The summed E-state index contributed by atoms with van der Waals surface area (Å²) in [5.74, 6) is -0.301. The molecule has 0 atom stereocenters. The van der Waals surface area contributed by atoms with Crippen molar-refractivity contribution < 1.29 is 18.9 Å². The van der Waals surface area contributed by atoms with Gasteiger partial charge in [0, 0.05) is 17.5 Å². The molecule has 7 nitrogen and oxygen atoms in total. The average Bonchev–Trinajstić information content (AvgIpc) is 2.91. The fraction of sp³-hybridized carbons (Fsp3) is 0.0526. The first-order chi connectivity index (χ1) is 12.5. The smallest absolute Gasteiger partial charge is 0.336 e. The largest absolute Gasteiger partial charge is 0.452 e. The fourth-order valence-corrected chi connectivity index (χ4v) is 2.97. The van der Waals surface area contributed by atoms with Crippen LogP contribution in [0.3, 0.4) is 0 Å². The summed E-state index contributed by atoms with van der Waals surface area (Å²) in [7, 11) is 0. The van der Waals surface area contributed by atoms with Crippen LogP contribution in [0.2, 0.25) is 0 Å². The number of fused-ring (bicyclic) bond motifs is 3. The van der Waals surface area contributed by atoms with Gasteiger partial charge in [0.05, 0.1) is 10.5 Å². The monoisotopic (exact) mass is 349 g/mol. The van der Waals surface area contributed by atoms with Crippen LogP contribution in [-0.4, -0.2) is 10.7 Å². The Bertz CT molecular complexity index is 1190. The van der Waals surface area contributed by atoms with E-state index in [-0.39, 0.29) is 33.9 Å². The predicted molar refractivity (Wildman–Crippen MR) is 93.3 cm³/mol. The molecule has 0 saturated heterocycles. The molecule has 7 heteroatoms. The number of carbonyl (C=O) groups excluding carboxylic acids is 1. The summed E-state index contributed by atoms with van der Waals surface area (Å²) in [6, 6.07) is 10.7. The Kier molecular flexibility index (Phi) is 3.43. The highest BCUT2D eigenvalue weighted by molar-refractivity contribution is 6.20. The van der Waals surface area contributed by atoms with E-state index in [1.165, 1.54) is 30.3 Å². The molecule has 0 spiro atoms. The number of Topliss-reactive ketones (excluding diaryl/α,β-unsaturated/α-hetero) is 1. The topological polar surface area (TPSA) is 99.7 Å². The molecule has 1 aromatic heterocycles. The minimum atomic E-state index is -0.563. The Morgan fingerprint density at radius 1 is 1.12 bits per heavy atom. The van der Waals surface area contributed by atoms with Crippen molar-refractivity contribution in [2.75, 3.05) is 0 Å². The number of allylic oxidation sites excluding steroid dienone is 1. The van der Waals surface area contributed by atoms with Gasteiger partial charge in [0.2, 0.25) is 5.78 Å². The zero-order valence-electron chi connectivity index (χ0n) is 13.5. The van der Waals surface area contributed by atoms with Crippen LogP contribution >= 0.6 is 0 Å². The van der Waals surface area contributed by atoms with Crippen molar-refractivity contribution in [2.24, 2.45) is 0 Å². The number of nitro groups is 1. The number of hydrogen-bond donors (Lipinski definition) is 0. The van der Waals surface area contributed by atoms with E-state index in [1.807, 2.05) is 0 Å². The Morgan fingerprint density at radius 3 is 2.65 bits per heavy atom. The standard InChI is InChI=1S/C19H11NO6/c1-10-8-16(21)26-19-12(10)6-7-14-17(19)18(22)15(25-14)9-11-4-2-3-5-13(11)20(23)24/h2-9H,1H3/b15-9+. The SMILES string of the molecule is Cc1cc(=O)oc2c3c(ccc12)O/C(=C/c1ccccc1[N+](=O)[O-])C3=O. The maximum atomic E-state index is 12.8. The molecule has 0 amide bonds. The van der Waals surface area contributed by atoms with E-state index in [0.717, 1.165) is 0 Å². The van der Waals surface area contributed by atoms with Crippen molar-refractivity contribution in [1.29, 1.82) is 0 Å². The quantitative estimate of drug-likeness (QED) is 0.303. The van der Waals surface area contributed by atoms with Crippen LogP contribution in [0.15, 0.2) is 57.4 Å². The molecule has 26 heavy (non-hydrogen) atoms. The van der Waals surface area contributed by atoms with Gasteiger partial charge in [0.15, 0.2) is 11.3 Å². The fourth-order valence-electron chi connectivity index (χ4n) is 2.97. The van der Waals surface area contributed by atoms with Crippen molar-refractivity contribution in [2.45, 2.75) is 6.92 Å². The van der Waals surface area contributed by atoms with Gasteiger partial charge in [-0.1, -0.05) is 12.1 Å². The molecule has 3 aromatic rings. The van der Waals surface area contributed by atoms with E-state index in [9.17, 15) is 19.7 Å². The summed E-state index contributed by atoms with van der Waals surface area (Å²) in [5.41, 5.74) is 0.530. The van der Waals surface area contributed by atoms with E-state index in [0.29, 0.717) is 10.9 Å². The third kappa shape index (κ3) is 2.37. The molecule has 2 aromatic carbocycles.